The molecule has 1 aromatic rings. The Hall–Kier alpha value is -1.82. The summed E-state index contributed by atoms with van der Waals surface area (Å²) in [5.74, 6) is 3.77. The van der Waals surface area contributed by atoms with Crippen LogP contribution in [0.1, 0.15) is 55.8 Å². The zero-order valence-electron chi connectivity index (χ0n) is 16.3. The second kappa shape index (κ2) is 6.90. The topological polar surface area (TPSA) is 59.6 Å². The van der Waals surface area contributed by atoms with Crippen LogP contribution in [0.25, 0.3) is 0 Å². The summed E-state index contributed by atoms with van der Waals surface area (Å²) >= 11 is 5.48. The predicted octanol–water partition coefficient (Wildman–Crippen LogP) is 3.67. The zero-order valence-corrected chi connectivity index (χ0v) is 17.1. The van der Waals surface area contributed by atoms with E-state index >= 15 is 0 Å². The minimum atomic E-state index is -0.216. The number of hydrogen-bond donors (Lipinski definition) is 2. The third-order valence-electron chi connectivity index (χ3n) is 7.38. The molecule has 0 spiro atoms. The molecule has 6 heteroatoms. The quantitative estimate of drug-likeness (QED) is 0.758. The number of amides is 1. The lowest BCUT2D eigenvalue weighted by Crippen LogP contribution is -2.57. The molecule has 1 aliphatic heterocycles. The fourth-order valence-corrected chi connectivity index (χ4v) is 6.72. The van der Waals surface area contributed by atoms with E-state index < -0.39 is 0 Å². The van der Waals surface area contributed by atoms with Crippen molar-refractivity contribution in [3.05, 3.63) is 23.8 Å². The molecule has 0 saturated heterocycles. The Balaban J connectivity index is 1.22. The van der Waals surface area contributed by atoms with Crippen molar-refractivity contribution in [2.24, 2.45) is 23.2 Å². The van der Waals surface area contributed by atoms with Gasteiger partial charge in [-0.05, 0) is 99.0 Å². The third kappa shape index (κ3) is 3.25. The fraction of sp³-hybridized carbons (Fsp3) is 0.636. The van der Waals surface area contributed by atoms with Gasteiger partial charge in [-0.15, -0.1) is 0 Å². The number of thiocarbonyl (C=S) groups is 1. The van der Waals surface area contributed by atoms with Crippen LogP contribution in [-0.4, -0.2) is 30.3 Å². The van der Waals surface area contributed by atoms with E-state index in [4.69, 9.17) is 21.7 Å². The molecule has 1 heterocycles. The monoisotopic (exact) mass is 400 g/mol. The van der Waals surface area contributed by atoms with Crippen molar-refractivity contribution in [3.8, 4) is 11.5 Å². The number of rotatable bonds is 3. The van der Waals surface area contributed by atoms with Crippen molar-refractivity contribution in [3.63, 3.8) is 0 Å². The van der Waals surface area contributed by atoms with Gasteiger partial charge < -0.3 is 14.8 Å². The van der Waals surface area contributed by atoms with Gasteiger partial charge in [0.1, 0.15) is 13.2 Å². The molecule has 150 valence electrons. The first-order valence-corrected chi connectivity index (χ1v) is 10.9. The number of nitrogens with one attached hydrogen (secondary N) is 2. The van der Waals surface area contributed by atoms with E-state index in [1.807, 2.05) is 0 Å². The van der Waals surface area contributed by atoms with Crippen LogP contribution in [0.15, 0.2) is 18.2 Å². The van der Waals surface area contributed by atoms with Crippen LogP contribution < -0.4 is 20.1 Å². The highest BCUT2D eigenvalue weighted by Crippen LogP contribution is 2.61. The Kier molecular flexibility index (Phi) is 4.49. The van der Waals surface area contributed by atoms with E-state index in [9.17, 15) is 4.79 Å². The normalized spacial score (nSPS) is 33.2. The summed E-state index contributed by atoms with van der Waals surface area (Å²) in [7, 11) is 0. The van der Waals surface area contributed by atoms with Gasteiger partial charge in [-0.25, -0.2) is 0 Å². The lowest BCUT2D eigenvalue weighted by molar-refractivity contribution is -0.0672. The highest BCUT2D eigenvalue weighted by molar-refractivity contribution is 7.80. The van der Waals surface area contributed by atoms with E-state index in [1.165, 1.54) is 38.5 Å². The summed E-state index contributed by atoms with van der Waals surface area (Å²) < 4.78 is 11.1. The Morgan fingerprint density at radius 2 is 1.68 bits per heavy atom. The van der Waals surface area contributed by atoms with E-state index in [0.717, 1.165) is 17.8 Å². The van der Waals surface area contributed by atoms with Gasteiger partial charge in [0.2, 0.25) is 0 Å². The van der Waals surface area contributed by atoms with Crippen molar-refractivity contribution < 1.29 is 14.3 Å². The Labute approximate surface area is 171 Å². The number of carbonyl (C=O) groups is 1. The van der Waals surface area contributed by atoms with Crippen LogP contribution in [0.3, 0.4) is 0 Å². The second-order valence-electron chi connectivity index (χ2n) is 9.29. The maximum atomic E-state index is 12.6. The van der Waals surface area contributed by atoms with Crippen LogP contribution >= 0.6 is 12.2 Å². The van der Waals surface area contributed by atoms with Crippen LogP contribution in [0.4, 0.5) is 0 Å². The summed E-state index contributed by atoms with van der Waals surface area (Å²) in [4.78, 5) is 12.6. The summed E-state index contributed by atoms with van der Waals surface area (Å²) in [5.41, 5.74) is 0.872. The molecule has 5 nitrogen and oxygen atoms in total. The lowest BCUT2D eigenvalue weighted by atomic mass is 9.48. The van der Waals surface area contributed by atoms with Gasteiger partial charge in [0, 0.05) is 11.6 Å². The van der Waals surface area contributed by atoms with E-state index in [-0.39, 0.29) is 11.9 Å². The minimum Gasteiger partial charge on any atom is -0.486 e. The maximum Gasteiger partial charge on any atom is 0.257 e. The number of ether oxygens (including phenoxy) is 2. The Morgan fingerprint density at radius 1 is 1.07 bits per heavy atom. The minimum absolute atomic E-state index is 0.216. The van der Waals surface area contributed by atoms with Crippen molar-refractivity contribution in [1.29, 1.82) is 0 Å². The molecular formula is C22H28N2O3S. The molecule has 4 fully saturated rings. The standard InChI is InChI=1S/C22H28N2O3S/c1-13(22-10-14-6-15(11-22)8-16(7-14)12-22)23-21(28)24-20(25)17-2-3-18-19(9-17)27-5-4-26-18/h2-3,9,13-16H,4-8,10-12H2,1H3,(H2,23,24,25,28)/t13-,14?,15?,16?,22?/m1/s1. The average molecular weight is 401 g/mol. The summed E-state index contributed by atoms with van der Waals surface area (Å²) in [6.07, 6.45) is 8.22. The molecular weight excluding hydrogens is 372 g/mol. The predicted molar refractivity (Wildman–Crippen MR) is 111 cm³/mol. The highest BCUT2D eigenvalue weighted by atomic mass is 32.1. The molecule has 1 aromatic carbocycles. The Bertz CT molecular complexity index is 774. The van der Waals surface area contributed by atoms with Gasteiger partial charge in [0.25, 0.3) is 5.91 Å². The van der Waals surface area contributed by atoms with Crippen molar-refractivity contribution in [2.45, 2.75) is 51.5 Å². The first kappa shape index (κ1) is 18.2. The molecule has 4 saturated carbocycles. The molecule has 28 heavy (non-hydrogen) atoms. The molecule has 4 aliphatic carbocycles. The molecule has 4 bridgehead atoms. The highest BCUT2D eigenvalue weighted by Gasteiger charge is 2.53. The maximum absolute atomic E-state index is 12.6. The van der Waals surface area contributed by atoms with E-state index in [1.54, 1.807) is 18.2 Å². The van der Waals surface area contributed by atoms with Gasteiger partial charge >= 0.3 is 0 Å². The lowest BCUT2D eigenvalue weighted by Gasteiger charge is -2.59. The Morgan fingerprint density at radius 3 is 2.32 bits per heavy atom. The molecule has 0 unspecified atom stereocenters. The van der Waals surface area contributed by atoms with Gasteiger partial charge in [0.15, 0.2) is 16.6 Å². The van der Waals surface area contributed by atoms with Gasteiger partial charge in [-0.3, -0.25) is 10.1 Å². The first-order chi connectivity index (χ1) is 13.5. The van der Waals surface area contributed by atoms with Crippen molar-refractivity contribution in [2.75, 3.05) is 13.2 Å². The van der Waals surface area contributed by atoms with E-state index in [0.29, 0.717) is 40.8 Å². The van der Waals surface area contributed by atoms with E-state index in [2.05, 4.69) is 17.6 Å². The zero-order chi connectivity index (χ0) is 19.3. The molecule has 5 aliphatic rings. The molecule has 1 amide bonds. The van der Waals surface area contributed by atoms with Crippen LogP contribution in [0.2, 0.25) is 0 Å². The van der Waals surface area contributed by atoms with Crippen molar-refractivity contribution in [1.82, 2.24) is 10.6 Å². The van der Waals surface area contributed by atoms with Gasteiger partial charge in [-0.2, -0.15) is 0 Å². The van der Waals surface area contributed by atoms with Crippen LogP contribution in [0.5, 0.6) is 11.5 Å². The third-order valence-corrected chi connectivity index (χ3v) is 7.60. The van der Waals surface area contributed by atoms with Gasteiger partial charge in [0.05, 0.1) is 0 Å². The SMILES string of the molecule is C[C@@H](NC(=S)NC(=O)c1ccc2c(c1)OCCO2)C12CC3CC(CC(C3)C1)C2. The summed E-state index contributed by atoms with van der Waals surface area (Å²) in [6, 6.07) is 5.52. The first-order valence-electron chi connectivity index (χ1n) is 10.5. The van der Waals surface area contributed by atoms with Crippen molar-refractivity contribution >= 4 is 23.2 Å². The molecule has 1 atom stereocenters. The van der Waals surface area contributed by atoms with Crippen LogP contribution in [0, 0.1) is 23.2 Å². The number of benzene rings is 1. The number of carbonyl (C=O) groups excluding carboxylic acids is 1. The van der Waals surface area contributed by atoms with Crippen LogP contribution in [-0.2, 0) is 0 Å². The molecule has 2 N–H and O–H groups in total. The van der Waals surface area contributed by atoms with Gasteiger partial charge in [-0.1, -0.05) is 0 Å². The molecule has 0 radical (unpaired) electrons. The second-order valence-corrected chi connectivity index (χ2v) is 9.70. The number of fused-ring (bicyclic) bond motifs is 1. The summed E-state index contributed by atoms with van der Waals surface area (Å²) in [5, 5.41) is 6.71. The smallest absolute Gasteiger partial charge is 0.257 e. The fourth-order valence-electron chi connectivity index (χ4n) is 6.45. The molecule has 6 rings (SSSR count). The summed E-state index contributed by atoms with van der Waals surface area (Å²) in [6.45, 7) is 3.28. The number of hydrogen-bond acceptors (Lipinski definition) is 4. The average Bonchev–Trinajstić information content (AvgIpc) is 2.66. The molecule has 0 aromatic heterocycles. The largest absolute Gasteiger partial charge is 0.486 e.